The molecule has 1 fully saturated rings. The number of hydrogen-bond acceptors (Lipinski definition) is 3. The van der Waals surface area contributed by atoms with Crippen LogP contribution in [0.2, 0.25) is 0 Å². The van der Waals surface area contributed by atoms with Crippen molar-refractivity contribution < 1.29 is 4.79 Å². The van der Waals surface area contributed by atoms with Crippen LogP contribution < -0.4 is 11.1 Å². The molecule has 0 atom stereocenters. The highest BCUT2D eigenvalue weighted by atomic mass is 16.1. The zero-order valence-electron chi connectivity index (χ0n) is 10.0. The molecule has 3 rings (SSSR count). The first-order valence-corrected chi connectivity index (χ1v) is 6.10. The topological polar surface area (TPSA) is 68.0 Å². The van der Waals surface area contributed by atoms with E-state index in [0.29, 0.717) is 12.1 Å². The maximum atomic E-state index is 12.3. The van der Waals surface area contributed by atoms with E-state index >= 15 is 0 Å². The Bertz CT molecular complexity index is 600. The number of fused-ring (bicyclic) bond motifs is 1. The van der Waals surface area contributed by atoms with Gasteiger partial charge in [0.05, 0.1) is 16.6 Å². The molecule has 0 radical (unpaired) electrons. The van der Waals surface area contributed by atoms with E-state index < -0.39 is 0 Å². The Kier molecular flexibility index (Phi) is 2.52. The number of hydrogen-bond donors (Lipinski definition) is 2. The van der Waals surface area contributed by atoms with Crippen molar-refractivity contribution in [2.24, 2.45) is 5.73 Å². The van der Waals surface area contributed by atoms with Gasteiger partial charge in [0.15, 0.2) is 0 Å². The summed E-state index contributed by atoms with van der Waals surface area (Å²) < 4.78 is 0. The van der Waals surface area contributed by atoms with Gasteiger partial charge in [-0.2, -0.15) is 0 Å². The second-order valence-electron chi connectivity index (χ2n) is 4.82. The summed E-state index contributed by atoms with van der Waals surface area (Å²) in [5.74, 6) is -0.0812. The summed E-state index contributed by atoms with van der Waals surface area (Å²) in [6.07, 6.45) is 3.63. The maximum Gasteiger partial charge on any atom is 0.253 e. The smallest absolute Gasteiger partial charge is 0.253 e. The van der Waals surface area contributed by atoms with Crippen molar-refractivity contribution in [3.05, 3.63) is 42.1 Å². The Labute approximate surface area is 105 Å². The molecule has 3 N–H and O–H groups in total. The van der Waals surface area contributed by atoms with Gasteiger partial charge in [-0.1, -0.05) is 18.2 Å². The largest absolute Gasteiger partial charge is 0.345 e. The molecule has 0 spiro atoms. The molecule has 1 heterocycles. The second kappa shape index (κ2) is 4.07. The molecule has 0 bridgehead atoms. The summed E-state index contributed by atoms with van der Waals surface area (Å²) in [7, 11) is 0. The van der Waals surface area contributed by atoms with Gasteiger partial charge >= 0.3 is 0 Å². The van der Waals surface area contributed by atoms with Gasteiger partial charge < -0.3 is 11.1 Å². The van der Waals surface area contributed by atoms with E-state index in [0.717, 1.165) is 23.7 Å². The molecule has 1 aliphatic rings. The highest BCUT2D eigenvalue weighted by Gasteiger charge is 2.42. The second-order valence-corrected chi connectivity index (χ2v) is 4.82. The minimum absolute atomic E-state index is 0.0812. The maximum absolute atomic E-state index is 12.3. The summed E-state index contributed by atoms with van der Waals surface area (Å²) in [5, 5.41) is 4.00. The molecular formula is C14H15N3O. The predicted octanol–water partition coefficient (Wildman–Crippen LogP) is 1.46. The molecule has 1 amide bonds. The van der Waals surface area contributed by atoms with Gasteiger partial charge in [0.1, 0.15) is 0 Å². The molecule has 0 saturated heterocycles. The van der Waals surface area contributed by atoms with E-state index in [-0.39, 0.29) is 11.4 Å². The van der Waals surface area contributed by atoms with Crippen LogP contribution in [0.5, 0.6) is 0 Å². The first-order chi connectivity index (χ1) is 8.74. The number of nitrogens with zero attached hydrogens (tertiary/aromatic N) is 1. The van der Waals surface area contributed by atoms with Crippen LogP contribution in [0.25, 0.3) is 10.9 Å². The molecule has 1 saturated carbocycles. The number of aromatic nitrogens is 1. The molecule has 4 heteroatoms. The molecule has 1 aromatic carbocycles. The van der Waals surface area contributed by atoms with Crippen LogP contribution in [-0.2, 0) is 0 Å². The molecular weight excluding hydrogens is 226 g/mol. The predicted molar refractivity (Wildman–Crippen MR) is 70.2 cm³/mol. The fraction of sp³-hybridized carbons (Fsp3) is 0.286. The summed E-state index contributed by atoms with van der Waals surface area (Å²) >= 11 is 0. The Balaban J connectivity index is 1.96. The summed E-state index contributed by atoms with van der Waals surface area (Å²) in [6.45, 7) is 0.497. The van der Waals surface area contributed by atoms with Gasteiger partial charge in [0.25, 0.3) is 5.91 Å². The van der Waals surface area contributed by atoms with Crippen molar-refractivity contribution in [3.63, 3.8) is 0 Å². The highest BCUT2D eigenvalue weighted by molar-refractivity contribution is 6.05. The molecule has 92 valence electrons. The van der Waals surface area contributed by atoms with Crippen molar-refractivity contribution in [1.82, 2.24) is 10.3 Å². The Morgan fingerprint density at radius 3 is 2.83 bits per heavy atom. The standard InChI is InChI=1S/C14H15N3O/c15-9-14(6-7-14)17-13(18)11-5-1-3-10-4-2-8-16-12(10)11/h1-5,8H,6-7,9,15H2,(H,17,18). The Morgan fingerprint density at radius 2 is 2.11 bits per heavy atom. The van der Waals surface area contributed by atoms with Gasteiger partial charge in [-0.25, -0.2) is 0 Å². The molecule has 0 unspecified atom stereocenters. The van der Waals surface area contributed by atoms with Crippen LogP contribution in [0, 0.1) is 0 Å². The summed E-state index contributed by atoms with van der Waals surface area (Å²) in [6, 6.07) is 9.45. The Hall–Kier alpha value is -1.94. The van der Waals surface area contributed by atoms with Crippen LogP contribution >= 0.6 is 0 Å². The third kappa shape index (κ3) is 1.84. The third-order valence-corrected chi connectivity index (χ3v) is 3.50. The highest BCUT2D eigenvalue weighted by Crippen LogP contribution is 2.34. The number of carbonyl (C=O) groups is 1. The number of nitrogens with two attached hydrogens (primary N) is 1. The minimum atomic E-state index is -0.173. The molecule has 2 aromatic rings. The number of para-hydroxylation sites is 1. The lowest BCUT2D eigenvalue weighted by molar-refractivity contribution is 0.0934. The number of carbonyl (C=O) groups excluding carboxylic acids is 1. The van der Waals surface area contributed by atoms with Gasteiger partial charge in [0.2, 0.25) is 0 Å². The van der Waals surface area contributed by atoms with Crippen molar-refractivity contribution in [2.45, 2.75) is 18.4 Å². The van der Waals surface area contributed by atoms with Crippen LogP contribution in [0.15, 0.2) is 36.5 Å². The molecule has 1 aromatic heterocycles. The van der Waals surface area contributed by atoms with Crippen LogP contribution in [-0.4, -0.2) is 23.0 Å². The number of amides is 1. The number of nitrogens with one attached hydrogen (secondary N) is 1. The summed E-state index contributed by atoms with van der Waals surface area (Å²) in [5.41, 5.74) is 6.86. The van der Waals surface area contributed by atoms with Crippen molar-refractivity contribution >= 4 is 16.8 Å². The zero-order chi connectivity index (χ0) is 12.6. The molecule has 1 aliphatic carbocycles. The van der Waals surface area contributed by atoms with E-state index in [4.69, 9.17) is 5.73 Å². The molecule has 4 nitrogen and oxygen atoms in total. The third-order valence-electron chi connectivity index (χ3n) is 3.50. The van der Waals surface area contributed by atoms with Gasteiger partial charge in [-0.05, 0) is 25.0 Å². The van der Waals surface area contributed by atoms with Gasteiger partial charge in [-0.3, -0.25) is 9.78 Å². The van der Waals surface area contributed by atoms with Crippen LogP contribution in [0.3, 0.4) is 0 Å². The first-order valence-electron chi connectivity index (χ1n) is 6.10. The quantitative estimate of drug-likeness (QED) is 0.854. The normalized spacial score (nSPS) is 16.5. The van der Waals surface area contributed by atoms with E-state index in [1.807, 2.05) is 24.3 Å². The monoisotopic (exact) mass is 241 g/mol. The molecule has 18 heavy (non-hydrogen) atoms. The number of benzene rings is 1. The lowest BCUT2D eigenvalue weighted by Gasteiger charge is -2.15. The Morgan fingerprint density at radius 1 is 1.33 bits per heavy atom. The van der Waals surface area contributed by atoms with Gasteiger partial charge in [-0.15, -0.1) is 0 Å². The lowest BCUT2D eigenvalue weighted by atomic mass is 10.1. The van der Waals surface area contributed by atoms with Crippen LogP contribution in [0.4, 0.5) is 0 Å². The number of rotatable bonds is 3. The van der Waals surface area contributed by atoms with E-state index in [2.05, 4.69) is 10.3 Å². The van der Waals surface area contributed by atoms with Crippen molar-refractivity contribution in [2.75, 3.05) is 6.54 Å². The zero-order valence-corrected chi connectivity index (χ0v) is 10.0. The van der Waals surface area contributed by atoms with Gasteiger partial charge in [0, 0.05) is 18.1 Å². The van der Waals surface area contributed by atoms with Crippen molar-refractivity contribution in [1.29, 1.82) is 0 Å². The van der Waals surface area contributed by atoms with E-state index in [1.54, 1.807) is 12.3 Å². The van der Waals surface area contributed by atoms with Crippen molar-refractivity contribution in [3.8, 4) is 0 Å². The van der Waals surface area contributed by atoms with Crippen LogP contribution in [0.1, 0.15) is 23.2 Å². The molecule has 0 aliphatic heterocycles. The minimum Gasteiger partial charge on any atom is -0.345 e. The summed E-state index contributed by atoms with van der Waals surface area (Å²) in [4.78, 5) is 16.6. The fourth-order valence-electron chi connectivity index (χ4n) is 2.13. The fourth-order valence-corrected chi connectivity index (χ4v) is 2.13. The lowest BCUT2D eigenvalue weighted by Crippen LogP contribution is -2.42. The average molecular weight is 241 g/mol. The average Bonchev–Trinajstić information content (AvgIpc) is 3.18. The van der Waals surface area contributed by atoms with E-state index in [9.17, 15) is 4.79 Å². The SMILES string of the molecule is NCC1(NC(=O)c2cccc3cccnc23)CC1. The van der Waals surface area contributed by atoms with E-state index in [1.165, 1.54) is 0 Å². The first kappa shape index (κ1) is 11.2. The number of pyridine rings is 1.